The summed E-state index contributed by atoms with van der Waals surface area (Å²) >= 11 is 0. The van der Waals surface area contributed by atoms with Crippen molar-refractivity contribution < 1.29 is 0 Å². The normalized spacial score (nSPS) is 31.5. The first-order valence-corrected chi connectivity index (χ1v) is 6.13. The standard InChI is InChI=1S/C13H19N3/c1-9-11(8-15-16(9)2)7-14-13-6-10-4-3-5-12(10)13/h3,5,8,10,12-14H,4,6-7H2,1-2H3. The molecule has 1 aromatic rings. The summed E-state index contributed by atoms with van der Waals surface area (Å²) in [4.78, 5) is 0. The highest BCUT2D eigenvalue weighted by molar-refractivity contribution is 5.17. The maximum Gasteiger partial charge on any atom is 0.0537 e. The van der Waals surface area contributed by atoms with Crippen LogP contribution in [0.5, 0.6) is 0 Å². The highest BCUT2D eigenvalue weighted by Crippen LogP contribution is 2.42. The van der Waals surface area contributed by atoms with E-state index in [1.54, 1.807) is 0 Å². The van der Waals surface area contributed by atoms with Gasteiger partial charge in [0, 0.05) is 30.9 Å². The first-order chi connectivity index (χ1) is 7.75. The van der Waals surface area contributed by atoms with Gasteiger partial charge in [0.1, 0.15) is 0 Å². The molecule has 1 heterocycles. The molecule has 0 bridgehead atoms. The van der Waals surface area contributed by atoms with Crippen LogP contribution in [0, 0.1) is 18.8 Å². The highest BCUT2D eigenvalue weighted by atomic mass is 15.3. The van der Waals surface area contributed by atoms with E-state index in [0.717, 1.165) is 18.4 Å². The molecule has 1 N–H and O–H groups in total. The van der Waals surface area contributed by atoms with Crippen LogP contribution in [0.3, 0.4) is 0 Å². The fourth-order valence-corrected chi connectivity index (χ4v) is 2.91. The summed E-state index contributed by atoms with van der Waals surface area (Å²) in [5.41, 5.74) is 2.60. The molecule has 3 unspecified atom stereocenters. The van der Waals surface area contributed by atoms with Crippen molar-refractivity contribution in [3.63, 3.8) is 0 Å². The average molecular weight is 217 g/mol. The van der Waals surface area contributed by atoms with Gasteiger partial charge in [0.05, 0.1) is 6.20 Å². The molecule has 86 valence electrons. The minimum Gasteiger partial charge on any atom is -0.309 e. The number of fused-ring (bicyclic) bond motifs is 1. The zero-order valence-corrected chi connectivity index (χ0v) is 9.98. The van der Waals surface area contributed by atoms with Gasteiger partial charge in [0.2, 0.25) is 0 Å². The van der Waals surface area contributed by atoms with Gasteiger partial charge < -0.3 is 5.32 Å². The van der Waals surface area contributed by atoms with E-state index in [1.165, 1.54) is 24.1 Å². The molecule has 2 aliphatic carbocycles. The molecule has 1 fully saturated rings. The number of aryl methyl sites for hydroxylation is 1. The minimum atomic E-state index is 0.698. The zero-order chi connectivity index (χ0) is 11.1. The summed E-state index contributed by atoms with van der Waals surface area (Å²) in [5.74, 6) is 1.74. The molecule has 0 radical (unpaired) electrons. The van der Waals surface area contributed by atoms with Crippen molar-refractivity contribution in [2.45, 2.75) is 32.4 Å². The Balaban J connectivity index is 1.57. The number of nitrogens with one attached hydrogen (secondary N) is 1. The summed E-state index contributed by atoms with van der Waals surface area (Å²) in [7, 11) is 2.00. The lowest BCUT2D eigenvalue weighted by Crippen LogP contribution is -2.47. The molecule has 3 atom stereocenters. The Bertz CT molecular complexity index is 419. The summed E-state index contributed by atoms with van der Waals surface area (Å²) in [6, 6.07) is 0.698. The smallest absolute Gasteiger partial charge is 0.0537 e. The Hall–Kier alpha value is -1.09. The molecular formula is C13H19N3. The second-order valence-corrected chi connectivity index (χ2v) is 5.10. The van der Waals surface area contributed by atoms with Gasteiger partial charge >= 0.3 is 0 Å². The van der Waals surface area contributed by atoms with Gasteiger partial charge in [-0.3, -0.25) is 4.68 Å². The molecule has 3 heteroatoms. The van der Waals surface area contributed by atoms with Crippen LogP contribution >= 0.6 is 0 Å². The van der Waals surface area contributed by atoms with Crippen molar-refractivity contribution in [2.75, 3.05) is 0 Å². The van der Waals surface area contributed by atoms with Crippen molar-refractivity contribution in [1.29, 1.82) is 0 Å². The van der Waals surface area contributed by atoms with E-state index >= 15 is 0 Å². The van der Waals surface area contributed by atoms with Gasteiger partial charge in [-0.15, -0.1) is 0 Å². The van der Waals surface area contributed by atoms with Gasteiger partial charge in [-0.05, 0) is 31.6 Å². The van der Waals surface area contributed by atoms with Crippen LogP contribution in [0.25, 0.3) is 0 Å². The van der Waals surface area contributed by atoms with Crippen molar-refractivity contribution in [3.8, 4) is 0 Å². The van der Waals surface area contributed by atoms with Crippen LogP contribution in [0.1, 0.15) is 24.1 Å². The highest BCUT2D eigenvalue weighted by Gasteiger charge is 2.40. The van der Waals surface area contributed by atoms with Crippen LogP contribution in [0.4, 0.5) is 0 Å². The third kappa shape index (κ3) is 1.50. The van der Waals surface area contributed by atoms with E-state index in [2.05, 4.69) is 29.5 Å². The van der Waals surface area contributed by atoms with Gasteiger partial charge in [0.15, 0.2) is 0 Å². The quantitative estimate of drug-likeness (QED) is 0.782. The van der Waals surface area contributed by atoms with Crippen LogP contribution in [0.2, 0.25) is 0 Å². The fourth-order valence-electron chi connectivity index (χ4n) is 2.91. The maximum absolute atomic E-state index is 4.27. The largest absolute Gasteiger partial charge is 0.309 e. The first kappa shape index (κ1) is 10.1. The number of allylic oxidation sites excluding steroid dienone is 1. The van der Waals surface area contributed by atoms with E-state index in [-0.39, 0.29) is 0 Å². The summed E-state index contributed by atoms with van der Waals surface area (Å²) < 4.78 is 1.94. The van der Waals surface area contributed by atoms with Crippen molar-refractivity contribution in [3.05, 3.63) is 29.6 Å². The Morgan fingerprint density at radius 1 is 1.56 bits per heavy atom. The molecule has 0 aromatic carbocycles. The molecule has 0 aliphatic heterocycles. The lowest BCUT2D eigenvalue weighted by molar-refractivity contribution is 0.162. The van der Waals surface area contributed by atoms with Crippen LogP contribution in [-0.2, 0) is 13.6 Å². The van der Waals surface area contributed by atoms with Gasteiger partial charge in [-0.2, -0.15) is 5.10 Å². The van der Waals surface area contributed by atoms with Gasteiger partial charge in [0.25, 0.3) is 0 Å². The molecule has 2 aliphatic rings. The molecule has 0 amide bonds. The van der Waals surface area contributed by atoms with E-state index in [0.29, 0.717) is 6.04 Å². The first-order valence-electron chi connectivity index (χ1n) is 6.13. The Morgan fingerprint density at radius 3 is 3.12 bits per heavy atom. The fraction of sp³-hybridized carbons (Fsp3) is 0.615. The molecule has 3 rings (SSSR count). The topological polar surface area (TPSA) is 29.9 Å². The van der Waals surface area contributed by atoms with E-state index in [4.69, 9.17) is 0 Å². The Morgan fingerprint density at radius 2 is 2.44 bits per heavy atom. The summed E-state index contributed by atoms with van der Waals surface area (Å²) in [6.45, 7) is 3.09. The number of nitrogens with zero attached hydrogens (tertiary/aromatic N) is 2. The molecule has 3 nitrogen and oxygen atoms in total. The van der Waals surface area contributed by atoms with E-state index < -0.39 is 0 Å². The third-order valence-electron chi connectivity index (χ3n) is 4.25. The molecule has 0 saturated heterocycles. The SMILES string of the molecule is Cc1c(CNC2CC3CC=CC32)cnn1C. The second-order valence-electron chi connectivity index (χ2n) is 5.10. The Kier molecular flexibility index (Phi) is 2.36. The third-order valence-corrected chi connectivity index (χ3v) is 4.25. The number of aromatic nitrogens is 2. The second kappa shape index (κ2) is 3.74. The number of hydrogen-bond donors (Lipinski definition) is 1. The molecule has 16 heavy (non-hydrogen) atoms. The van der Waals surface area contributed by atoms with Crippen molar-refractivity contribution in [2.24, 2.45) is 18.9 Å². The lowest BCUT2D eigenvalue weighted by Gasteiger charge is -2.40. The predicted octanol–water partition coefficient (Wildman–Crippen LogP) is 1.78. The molecule has 0 spiro atoms. The van der Waals surface area contributed by atoms with E-state index in [1.807, 2.05) is 17.9 Å². The Labute approximate surface area is 96.5 Å². The van der Waals surface area contributed by atoms with Gasteiger partial charge in [-0.25, -0.2) is 0 Å². The average Bonchev–Trinajstić information content (AvgIpc) is 2.76. The monoisotopic (exact) mass is 217 g/mol. The lowest BCUT2D eigenvalue weighted by atomic mass is 9.71. The number of rotatable bonds is 3. The predicted molar refractivity (Wildman–Crippen MR) is 63.9 cm³/mol. The van der Waals surface area contributed by atoms with Crippen LogP contribution in [-0.4, -0.2) is 15.8 Å². The minimum absolute atomic E-state index is 0.698. The maximum atomic E-state index is 4.27. The molecule has 1 saturated carbocycles. The van der Waals surface area contributed by atoms with Crippen molar-refractivity contribution >= 4 is 0 Å². The van der Waals surface area contributed by atoms with Crippen LogP contribution < -0.4 is 5.32 Å². The van der Waals surface area contributed by atoms with Gasteiger partial charge in [-0.1, -0.05) is 12.2 Å². The van der Waals surface area contributed by atoms with Crippen LogP contribution in [0.15, 0.2) is 18.3 Å². The van der Waals surface area contributed by atoms with Crippen molar-refractivity contribution in [1.82, 2.24) is 15.1 Å². The number of hydrogen-bond acceptors (Lipinski definition) is 2. The summed E-state index contributed by atoms with van der Waals surface area (Å²) in [6.07, 6.45) is 9.35. The zero-order valence-electron chi connectivity index (χ0n) is 9.98. The summed E-state index contributed by atoms with van der Waals surface area (Å²) in [5, 5.41) is 7.92. The molecule has 1 aromatic heterocycles. The van der Waals surface area contributed by atoms with E-state index in [9.17, 15) is 0 Å². The molecular weight excluding hydrogens is 198 g/mol.